The van der Waals surface area contributed by atoms with Crippen LogP contribution in [-0.4, -0.2) is 50.0 Å². The number of anilines is 1. The van der Waals surface area contributed by atoms with E-state index in [2.05, 4.69) is 26.3 Å². The predicted molar refractivity (Wildman–Crippen MR) is 137 cm³/mol. The summed E-state index contributed by atoms with van der Waals surface area (Å²) < 4.78 is 41.9. The third-order valence-corrected chi connectivity index (χ3v) is 4.94. The number of alkyl halides is 3. The summed E-state index contributed by atoms with van der Waals surface area (Å²) in [7, 11) is 2.00. The molecule has 1 heterocycles. The Morgan fingerprint density at radius 2 is 1.76 bits per heavy atom. The second kappa shape index (κ2) is 14.8. The third kappa shape index (κ3) is 9.12. The molecule has 1 aromatic heterocycles. The van der Waals surface area contributed by atoms with Crippen molar-refractivity contribution in [1.82, 2.24) is 20.9 Å². The van der Waals surface area contributed by atoms with Crippen LogP contribution in [0.25, 0.3) is 0 Å². The molecule has 0 aliphatic heterocycles. The van der Waals surface area contributed by atoms with Gasteiger partial charge in [0.25, 0.3) is 12.3 Å². The number of ether oxygens (including phenoxy) is 1. The van der Waals surface area contributed by atoms with Crippen LogP contribution in [0.3, 0.4) is 0 Å². The fourth-order valence-electron chi connectivity index (χ4n) is 3.16. The quantitative estimate of drug-likeness (QED) is 0.400. The number of urea groups is 1. The summed E-state index contributed by atoms with van der Waals surface area (Å²) in [6.45, 7) is 1.40. The largest absolute Gasteiger partial charge is 0.457 e. The second-order valence-electron chi connectivity index (χ2n) is 7.64. The molecule has 2 aromatic rings. The molecule has 1 aromatic carbocycles. The van der Waals surface area contributed by atoms with E-state index in [1.165, 1.54) is 32.3 Å². The van der Waals surface area contributed by atoms with Gasteiger partial charge in [-0.2, -0.15) is 0 Å². The van der Waals surface area contributed by atoms with Gasteiger partial charge in [0.2, 0.25) is 5.91 Å². The van der Waals surface area contributed by atoms with Crippen LogP contribution in [0.1, 0.15) is 23.8 Å². The van der Waals surface area contributed by atoms with Gasteiger partial charge in [0.05, 0.1) is 7.18 Å². The number of nitrogens with zero attached hydrogens (tertiary/aromatic N) is 1. The van der Waals surface area contributed by atoms with Gasteiger partial charge in [0.15, 0.2) is 0 Å². The Kier molecular flexibility index (Phi) is 11.6. The van der Waals surface area contributed by atoms with E-state index in [-0.39, 0.29) is 41.7 Å². The average molecular weight is 532 g/mol. The molecule has 0 radical (unpaired) electrons. The highest BCUT2D eigenvalue weighted by Gasteiger charge is 2.17. The Morgan fingerprint density at radius 1 is 1.05 bits per heavy atom. The predicted octanol–water partition coefficient (Wildman–Crippen LogP) is 4.48. The lowest BCUT2D eigenvalue weighted by Gasteiger charge is -2.14. The number of pyridine rings is 1. The minimum Gasteiger partial charge on any atom is -0.457 e. The van der Waals surface area contributed by atoms with Crippen LogP contribution in [0.5, 0.6) is 11.5 Å². The first-order chi connectivity index (χ1) is 18.2. The van der Waals surface area contributed by atoms with Crippen molar-refractivity contribution in [2.24, 2.45) is 0 Å². The number of hydrogen-bond donors (Lipinski definition) is 4. The van der Waals surface area contributed by atoms with E-state index in [1.54, 1.807) is 42.5 Å². The molecule has 0 bridgehead atoms. The first-order valence-corrected chi connectivity index (χ1v) is 11.3. The molecule has 0 saturated heterocycles. The molecule has 0 spiro atoms. The number of nitrogens with one attached hydrogen (secondary N) is 4. The fraction of sp³-hybridized carbons (Fsp3) is 0.231. The van der Waals surface area contributed by atoms with Crippen molar-refractivity contribution < 1.29 is 32.3 Å². The van der Waals surface area contributed by atoms with Crippen molar-refractivity contribution in [2.75, 3.05) is 26.1 Å². The van der Waals surface area contributed by atoms with Crippen LogP contribution in [0, 0.1) is 0 Å². The Morgan fingerprint density at radius 3 is 2.39 bits per heavy atom. The van der Waals surface area contributed by atoms with Crippen molar-refractivity contribution in [3.05, 3.63) is 83.4 Å². The summed E-state index contributed by atoms with van der Waals surface area (Å²) in [5, 5.41) is 10.3. The topological polar surface area (TPSA) is 121 Å². The SMILES string of the molecule is CF.CNC(=O)c1cc(Oc2ccc(NC(=O)NC3=C(CNC(C)=O)C=CCC(C(F)F)=C3)cc2)ccn1. The summed E-state index contributed by atoms with van der Waals surface area (Å²) in [4.78, 5) is 39.6. The van der Waals surface area contributed by atoms with Gasteiger partial charge in [0.1, 0.15) is 17.2 Å². The Hall–Kier alpha value is -4.61. The summed E-state index contributed by atoms with van der Waals surface area (Å²) in [5.74, 6) is 0.222. The summed E-state index contributed by atoms with van der Waals surface area (Å²) >= 11 is 0. The zero-order chi connectivity index (χ0) is 28.1. The number of amides is 4. The van der Waals surface area contributed by atoms with E-state index < -0.39 is 12.5 Å². The van der Waals surface area contributed by atoms with Crippen molar-refractivity contribution >= 4 is 23.5 Å². The minimum absolute atomic E-state index is 0.0254. The first-order valence-electron chi connectivity index (χ1n) is 11.3. The molecule has 38 heavy (non-hydrogen) atoms. The van der Waals surface area contributed by atoms with E-state index in [0.717, 1.165) is 0 Å². The molecule has 0 atom stereocenters. The monoisotopic (exact) mass is 531 g/mol. The van der Waals surface area contributed by atoms with E-state index in [1.807, 2.05) is 0 Å². The van der Waals surface area contributed by atoms with Gasteiger partial charge in [-0.05, 0) is 48.4 Å². The van der Waals surface area contributed by atoms with Gasteiger partial charge in [-0.25, -0.2) is 13.6 Å². The summed E-state index contributed by atoms with van der Waals surface area (Å²) in [5.41, 5.74) is 1.11. The summed E-state index contributed by atoms with van der Waals surface area (Å²) in [6.07, 6.45) is 3.16. The highest BCUT2D eigenvalue weighted by molar-refractivity contribution is 5.92. The van der Waals surface area contributed by atoms with E-state index in [9.17, 15) is 27.6 Å². The molecule has 0 fully saturated rings. The second-order valence-corrected chi connectivity index (χ2v) is 7.64. The molecular weight excluding hydrogens is 503 g/mol. The third-order valence-electron chi connectivity index (χ3n) is 4.94. The number of carbonyl (C=O) groups excluding carboxylic acids is 3. The van der Waals surface area contributed by atoms with Crippen LogP contribution in [0.2, 0.25) is 0 Å². The lowest BCUT2D eigenvalue weighted by molar-refractivity contribution is -0.118. The number of hydrogen-bond acceptors (Lipinski definition) is 5. The number of halogens is 3. The van der Waals surface area contributed by atoms with Gasteiger partial charge in [-0.3, -0.25) is 19.0 Å². The van der Waals surface area contributed by atoms with Crippen LogP contribution >= 0.6 is 0 Å². The smallest absolute Gasteiger partial charge is 0.323 e. The number of carbonyl (C=O) groups is 3. The zero-order valence-corrected chi connectivity index (χ0v) is 21.0. The standard InChI is InChI=1S/C25H25F2N5O4.CH3F/c1-15(33)30-14-17-5-3-4-16(23(26)27)12-21(17)32-25(35)31-18-6-8-19(9-7-18)36-20-10-11-29-22(13-20)24(34)28-2;1-2/h3,5-13,23H,4,14H2,1-2H3,(H,28,34)(H,30,33)(H2,31,32,35);1H3. The number of allylic oxidation sites excluding steroid dienone is 3. The van der Waals surface area contributed by atoms with Crippen molar-refractivity contribution in [1.29, 1.82) is 0 Å². The fourth-order valence-corrected chi connectivity index (χ4v) is 3.16. The Labute approximate surface area is 217 Å². The van der Waals surface area contributed by atoms with Crippen LogP contribution in [0.15, 0.2) is 77.7 Å². The normalized spacial score (nSPS) is 12.4. The molecule has 1 aliphatic carbocycles. The van der Waals surface area contributed by atoms with Crippen LogP contribution < -0.4 is 26.0 Å². The molecule has 9 nitrogen and oxygen atoms in total. The highest BCUT2D eigenvalue weighted by atomic mass is 19.3. The highest BCUT2D eigenvalue weighted by Crippen LogP contribution is 2.24. The van der Waals surface area contributed by atoms with Gasteiger partial charge in [-0.15, -0.1) is 0 Å². The zero-order valence-electron chi connectivity index (χ0n) is 21.0. The van der Waals surface area contributed by atoms with Crippen molar-refractivity contribution in [3.8, 4) is 11.5 Å². The van der Waals surface area contributed by atoms with Gasteiger partial charge < -0.3 is 26.0 Å². The molecular formula is C26H28F3N5O4. The first kappa shape index (κ1) is 29.6. The van der Waals surface area contributed by atoms with Crippen molar-refractivity contribution in [3.63, 3.8) is 0 Å². The average Bonchev–Trinajstić information content (AvgIpc) is 3.11. The lowest BCUT2D eigenvalue weighted by Crippen LogP contribution is -2.30. The Balaban J connectivity index is 0.00000247. The number of rotatable bonds is 8. The molecule has 4 N–H and O–H groups in total. The molecule has 1 aliphatic rings. The molecule has 0 saturated carbocycles. The Bertz CT molecular complexity index is 1230. The lowest BCUT2D eigenvalue weighted by atomic mass is 10.1. The maximum Gasteiger partial charge on any atom is 0.323 e. The molecule has 3 rings (SSSR count). The van der Waals surface area contributed by atoms with E-state index in [0.29, 0.717) is 29.9 Å². The minimum atomic E-state index is -2.69. The maximum absolute atomic E-state index is 13.3. The maximum atomic E-state index is 13.3. The van der Waals surface area contributed by atoms with Gasteiger partial charge in [-0.1, -0.05) is 12.2 Å². The number of aromatic nitrogens is 1. The van der Waals surface area contributed by atoms with Gasteiger partial charge >= 0.3 is 6.03 Å². The van der Waals surface area contributed by atoms with Crippen LogP contribution in [-0.2, 0) is 4.79 Å². The van der Waals surface area contributed by atoms with Crippen LogP contribution in [0.4, 0.5) is 23.7 Å². The molecule has 12 heteroatoms. The van der Waals surface area contributed by atoms with Gasteiger partial charge in [0, 0.05) is 49.7 Å². The molecule has 202 valence electrons. The number of benzene rings is 1. The molecule has 0 unspecified atom stereocenters. The van der Waals surface area contributed by atoms with Crippen molar-refractivity contribution in [2.45, 2.75) is 19.8 Å². The summed E-state index contributed by atoms with van der Waals surface area (Å²) in [6, 6.07) is 8.85. The molecule has 4 amide bonds. The van der Waals surface area contributed by atoms with E-state index in [4.69, 9.17) is 4.74 Å². The van der Waals surface area contributed by atoms with E-state index >= 15 is 0 Å².